The number of nitrogens with zero attached hydrogens (tertiary/aromatic N) is 3. The van der Waals surface area contributed by atoms with Gasteiger partial charge in [-0.1, -0.05) is 19.9 Å². The molecule has 1 aromatic carbocycles. The van der Waals surface area contributed by atoms with E-state index in [2.05, 4.69) is 44.7 Å². The first kappa shape index (κ1) is 26.9. The van der Waals surface area contributed by atoms with Gasteiger partial charge in [-0.15, -0.1) is 0 Å². The molecule has 3 rings (SSSR count). The smallest absolute Gasteiger partial charge is 0.251 e. The minimum Gasteiger partial charge on any atom is -0.496 e. The summed E-state index contributed by atoms with van der Waals surface area (Å²) in [5, 5.41) is 9.37. The standard InChI is InChI=1S/C27H36N6O3/c1-17(19(3)22-9-7-20(27(34)28-4)11-24(22)36-6)13-29-26-12-23(31-16-32-26)21-8-10-25(30-14-21)33-18(2)15-35-5/h7-12,14,16-19H,13,15H2,1-6H3,(H,28,34)(H,30,33)(H,29,31,32). The van der Waals surface area contributed by atoms with Crippen molar-refractivity contribution in [2.75, 3.05) is 45.1 Å². The number of anilines is 2. The maximum absolute atomic E-state index is 12.0. The summed E-state index contributed by atoms with van der Waals surface area (Å²) in [5.41, 5.74) is 3.34. The van der Waals surface area contributed by atoms with Crippen LogP contribution in [-0.2, 0) is 4.74 Å². The van der Waals surface area contributed by atoms with Gasteiger partial charge in [0.15, 0.2) is 0 Å². The van der Waals surface area contributed by atoms with Gasteiger partial charge in [-0.3, -0.25) is 4.79 Å². The fraction of sp³-hybridized carbons (Fsp3) is 0.407. The number of carbonyl (C=O) groups is 1. The number of hydrogen-bond acceptors (Lipinski definition) is 8. The number of nitrogens with one attached hydrogen (secondary N) is 3. The monoisotopic (exact) mass is 492 g/mol. The highest BCUT2D eigenvalue weighted by molar-refractivity contribution is 5.94. The third kappa shape index (κ3) is 6.91. The summed E-state index contributed by atoms with van der Waals surface area (Å²) in [5.74, 6) is 2.57. The van der Waals surface area contributed by atoms with Crippen molar-refractivity contribution in [3.8, 4) is 17.0 Å². The van der Waals surface area contributed by atoms with Crippen molar-refractivity contribution >= 4 is 17.5 Å². The van der Waals surface area contributed by atoms with E-state index in [0.717, 1.165) is 28.5 Å². The van der Waals surface area contributed by atoms with Crippen molar-refractivity contribution in [2.24, 2.45) is 5.92 Å². The maximum Gasteiger partial charge on any atom is 0.251 e. The number of rotatable bonds is 12. The van der Waals surface area contributed by atoms with E-state index in [0.29, 0.717) is 24.5 Å². The Kier molecular flexibility index (Phi) is 9.58. The molecule has 0 bridgehead atoms. The molecule has 192 valence electrons. The van der Waals surface area contributed by atoms with E-state index in [1.807, 2.05) is 37.3 Å². The van der Waals surface area contributed by atoms with E-state index < -0.39 is 0 Å². The van der Waals surface area contributed by atoms with Crippen molar-refractivity contribution in [2.45, 2.75) is 32.7 Å². The fourth-order valence-corrected chi connectivity index (χ4v) is 3.91. The van der Waals surface area contributed by atoms with E-state index >= 15 is 0 Å². The zero-order valence-electron chi connectivity index (χ0n) is 21.8. The van der Waals surface area contributed by atoms with Crippen LogP contribution >= 0.6 is 0 Å². The van der Waals surface area contributed by atoms with Crippen molar-refractivity contribution in [3.05, 3.63) is 60.0 Å². The van der Waals surface area contributed by atoms with Gasteiger partial charge in [0, 0.05) is 50.1 Å². The molecule has 2 heterocycles. The van der Waals surface area contributed by atoms with Crippen LogP contribution in [0.25, 0.3) is 11.3 Å². The summed E-state index contributed by atoms with van der Waals surface area (Å²) >= 11 is 0. The molecule has 3 atom stereocenters. The Morgan fingerprint density at radius 3 is 2.47 bits per heavy atom. The van der Waals surface area contributed by atoms with Crippen LogP contribution < -0.4 is 20.7 Å². The zero-order valence-corrected chi connectivity index (χ0v) is 21.8. The molecule has 2 aromatic heterocycles. The lowest BCUT2D eigenvalue weighted by molar-refractivity contribution is 0.0962. The van der Waals surface area contributed by atoms with Gasteiger partial charge in [-0.2, -0.15) is 0 Å². The van der Waals surface area contributed by atoms with Gasteiger partial charge in [0.05, 0.1) is 19.4 Å². The molecule has 0 fully saturated rings. The lowest BCUT2D eigenvalue weighted by atomic mass is 9.87. The first-order valence-corrected chi connectivity index (χ1v) is 12.0. The number of hydrogen-bond donors (Lipinski definition) is 3. The van der Waals surface area contributed by atoms with Gasteiger partial charge in [-0.25, -0.2) is 15.0 Å². The average molecular weight is 493 g/mol. The number of benzene rings is 1. The maximum atomic E-state index is 12.0. The Morgan fingerprint density at radius 2 is 1.81 bits per heavy atom. The van der Waals surface area contributed by atoms with E-state index in [9.17, 15) is 4.79 Å². The highest BCUT2D eigenvalue weighted by atomic mass is 16.5. The Hall–Kier alpha value is -3.72. The SMILES string of the molecule is CNC(=O)c1ccc(C(C)C(C)CNc2cc(-c3ccc(NC(C)COC)nc3)ncn2)c(OC)c1. The molecule has 0 aliphatic rings. The fourth-order valence-electron chi connectivity index (χ4n) is 3.91. The minimum atomic E-state index is -0.136. The Bertz CT molecular complexity index is 1140. The molecular formula is C27H36N6O3. The van der Waals surface area contributed by atoms with Crippen molar-refractivity contribution < 1.29 is 14.3 Å². The lowest BCUT2D eigenvalue weighted by Gasteiger charge is -2.23. The Labute approximate surface area is 213 Å². The molecule has 1 amide bonds. The summed E-state index contributed by atoms with van der Waals surface area (Å²) in [7, 11) is 4.92. The average Bonchev–Trinajstić information content (AvgIpc) is 2.91. The number of ether oxygens (including phenoxy) is 2. The summed E-state index contributed by atoms with van der Waals surface area (Å²) < 4.78 is 10.7. The Balaban J connectivity index is 1.64. The zero-order chi connectivity index (χ0) is 26.1. The van der Waals surface area contributed by atoms with Crippen molar-refractivity contribution in [1.29, 1.82) is 0 Å². The molecule has 3 N–H and O–H groups in total. The molecule has 9 heteroatoms. The van der Waals surface area contributed by atoms with Gasteiger partial charge in [0.1, 0.15) is 23.7 Å². The molecule has 0 saturated carbocycles. The second-order valence-corrected chi connectivity index (χ2v) is 8.90. The molecule has 0 saturated heterocycles. The van der Waals surface area contributed by atoms with Crippen molar-refractivity contribution in [1.82, 2.24) is 20.3 Å². The predicted molar refractivity (Wildman–Crippen MR) is 143 cm³/mol. The molecule has 0 aliphatic heterocycles. The predicted octanol–water partition coefficient (Wildman–Crippen LogP) is 4.21. The highest BCUT2D eigenvalue weighted by Gasteiger charge is 2.20. The summed E-state index contributed by atoms with van der Waals surface area (Å²) in [4.78, 5) is 25.3. The van der Waals surface area contributed by atoms with Crippen LogP contribution in [0, 0.1) is 5.92 Å². The van der Waals surface area contributed by atoms with Crippen LogP contribution in [-0.4, -0.2) is 61.3 Å². The summed E-state index contributed by atoms with van der Waals surface area (Å²) in [6.07, 6.45) is 3.35. The van der Waals surface area contributed by atoms with Crippen LogP contribution in [0.2, 0.25) is 0 Å². The topological polar surface area (TPSA) is 110 Å². The molecule has 0 aliphatic carbocycles. The second-order valence-electron chi connectivity index (χ2n) is 8.90. The van der Waals surface area contributed by atoms with Crippen molar-refractivity contribution in [3.63, 3.8) is 0 Å². The molecule has 0 radical (unpaired) electrons. The van der Waals surface area contributed by atoms with Gasteiger partial charge in [0.25, 0.3) is 5.91 Å². The lowest BCUT2D eigenvalue weighted by Crippen LogP contribution is -2.21. The molecule has 3 unspecified atom stereocenters. The van der Waals surface area contributed by atoms with Crippen LogP contribution in [0.4, 0.5) is 11.6 Å². The summed E-state index contributed by atoms with van der Waals surface area (Å²) in [6.45, 7) is 7.68. The normalized spacial score (nSPS) is 13.4. The molecule has 3 aromatic rings. The number of pyridine rings is 1. The Morgan fingerprint density at radius 1 is 1.00 bits per heavy atom. The molecule has 36 heavy (non-hydrogen) atoms. The summed E-state index contributed by atoms with van der Waals surface area (Å²) in [6, 6.07) is 11.6. The second kappa shape index (κ2) is 12.8. The quantitative estimate of drug-likeness (QED) is 0.345. The van der Waals surface area contributed by atoms with E-state index in [1.165, 1.54) is 0 Å². The third-order valence-corrected chi connectivity index (χ3v) is 6.21. The van der Waals surface area contributed by atoms with Gasteiger partial charge in [-0.05, 0) is 48.6 Å². The van der Waals surface area contributed by atoms with Crippen LogP contribution in [0.1, 0.15) is 42.6 Å². The number of aromatic nitrogens is 3. The number of carbonyl (C=O) groups excluding carboxylic acids is 1. The van der Waals surface area contributed by atoms with Gasteiger partial charge >= 0.3 is 0 Å². The number of amides is 1. The van der Waals surface area contributed by atoms with E-state index in [1.54, 1.807) is 39.9 Å². The first-order chi connectivity index (χ1) is 17.4. The minimum absolute atomic E-state index is 0.136. The molecular weight excluding hydrogens is 456 g/mol. The number of methoxy groups -OCH3 is 2. The van der Waals surface area contributed by atoms with Crippen LogP contribution in [0.3, 0.4) is 0 Å². The van der Waals surface area contributed by atoms with E-state index in [4.69, 9.17) is 9.47 Å². The van der Waals surface area contributed by atoms with Crippen LogP contribution in [0.15, 0.2) is 48.9 Å². The third-order valence-electron chi connectivity index (χ3n) is 6.21. The largest absolute Gasteiger partial charge is 0.496 e. The van der Waals surface area contributed by atoms with Gasteiger partial charge < -0.3 is 25.4 Å². The molecule has 0 spiro atoms. The highest BCUT2D eigenvalue weighted by Crippen LogP contribution is 2.33. The molecule has 9 nitrogen and oxygen atoms in total. The van der Waals surface area contributed by atoms with Gasteiger partial charge in [0.2, 0.25) is 0 Å². The van der Waals surface area contributed by atoms with E-state index in [-0.39, 0.29) is 23.8 Å². The first-order valence-electron chi connectivity index (χ1n) is 12.0. The van der Waals surface area contributed by atoms with Crippen LogP contribution in [0.5, 0.6) is 5.75 Å².